The molecule has 160 valence electrons. The average Bonchev–Trinajstić information content (AvgIpc) is 2.73. The normalized spacial score (nSPS) is 20.3. The first-order valence-electron chi connectivity index (χ1n) is 9.34. The fraction of sp³-hybridized carbons (Fsp3) is 0.333. The van der Waals surface area contributed by atoms with E-state index in [1.54, 1.807) is 0 Å². The highest BCUT2D eigenvalue weighted by molar-refractivity contribution is 7.98. The number of amides is 2. The predicted octanol–water partition coefficient (Wildman–Crippen LogP) is 3.40. The molecular weight excluding hydrogens is 415 g/mol. The fourth-order valence-electron chi connectivity index (χ4n) is 3.27. The van der Waals surface area contributed by atoms with Crippen LogP contribution in [0.2, 0.25) is 0 Å². The van der Waals surface area contributed by atoms with E-state index in [-0.39, 0.29) is 18.2 Å². The number of nitrogens with one attached hydrogen (secondary N) is 3. The molecule has 0 bridgehead atoms. The number of halogens is 3. The van der Waals surface area contributed by atoms with Gasteiger partial charge in [0.2, 0.25) is 11.8 Å². The van der Waals surface area contributed by atoms with E-state index in [2.05, 4.69) is 16.0 Å². The van der Waals surface area contributed by atoms with Crippen molar-refractivity contribution >= 4 is 23.6 Å². The lowest BCUT2D eigenvalue weighted by molar-refractivity contribution is -0.137. The molecule has 2 aromatic rings. The van der Waals surface area contributed by atoms with Gasteiger partial charge in [0.15, 0.2) is 0 Å². The third kappa shape index (κ3) is 5.54. The van der Waals surface area contributed by atoms with Crippen LogP contribution in [0.4, 0.5) is 13.2 Å². The predicted molar refractivity (Wildman–Crippen MR) is 110 cm³/mol. The minimum Gasteiger partial charge on any atom is -0.347 e. The highest BCUT2D eigenvalue weighted by Crippen LogP contribution is 2.30. The van der Waals surface area contributed by atoms with Gasteiger partial charge < -0.3 is 10.6 Å². The van der Waals surface area contributed by atoms with Gasteiger partial charge in [-0.2, -0.15) is 24.9 Å². The van der Waals surface area contributed by atoms with Crippen molar-refractivity contribution in [1.29, 1.82) is 0 Å². The van der Waals surface area contributed by atoms with E-state index in [1.807, 2.05) is 36.6 Å². The zero-order chi connectivity index (χ0) is 21.7. The summed E-state index contributed by atoms with van der Waals surface area (Å²) >= 11 is 1.46. The van der Waals surface area contributed by atoms with Gasteiger partial charge in [0.05, 0.1) is 24.1 Å². The Bertz CT molecular complexity index is 875. The van der Waals surface area contributed by atoms with Gasteiger partial charge in [0.1, 0.15) is 6.17 Å². The molecule has 2 amide bonds. The molecule has 5 nitrogen and oxygen atoms in total. The minimum atomic E-state index is -4.41. The smallest absolute Gasteiger partial charge is 0.347 e. The molecule has 3 rings (SSSR count). The summed E-state index contributed by atoms with van der Waals surface area (Å²) in [6.07, 6.45) is -3.08. The molecule has 1 heterocycles. The second kappa shape index (κ2) is 9.53. The SMILES string of the molecule is CSCC(NC(=O)C1CC(=O)NC(c2ccccc2)N1)c1ccc(C(F)(F)F)cc1. The lowest BCUT2D eigenvalue weighted by Crippen LogP contribution is -2.56. The number of hydrogen-bond donors (Lipinski definition) is 3. The van der Waals surface area contributed by atoms with E-state index in [1.165, 1.54) is 23.9 Å². The third-order valence-electron chi connectivity index (χ3n) is 4.80. The van der Waals surface area contributed by atoms with Gasteiger partial charge in [-0.05, 0) is 29.5 Å². The lowest BCUT2D eigenvalue weighted by Gasteiger charge is -2.32. The van der Waals surface area contributed by atoms with E-state index in [4.69, 9.17) is 0 Å². The second-order valence-electron chi connectivity index (χ2n) is 6.97. The van der Waals surface area contributed by atoms with Crippen molar-refractivity contribution < 1.29 is 22.8 Å². The summed E-state index contributed by atoms with van der Waals surface area (Å²) in [6.45, 7) is 0. The summed E-state index contributed by atoms with van der Waals surface area (Å²) in [5.74, 6) is -0.138. The highest BCUT2D eigenvalue weighted by atomic mass is 32.2. The van der Waals surface area contributed by atoms with Crippen molar-refractivity contribution in [3.8, 4) is 0 Å². The maximum Gasteiger partial charge on any atom is 0.416 e. The average molecular weight is 437 g/mol. The molecule has 3 atom stereocenters. The quantitative estimate of drug-likeness (QED) is 0.648. The Morgan fingerprint density at radius 2 is 1.83 bits per heavy atom. The standard InChI is InChI=1S/C21H22F3N3O2S/c1-30-12-17(13-7-9-15(10-8-13)21(22,23)24)26-20(29)16-11-18(28)27-19(25-16)14-5-3-2-4-6-14/h2-10,16-17,19,25H,11-12H2,1H3,(H,26,29)(H,27,28). The lowest BCUT2D eigenvalue weighted by atomic mass is 10.0. The third-order valence-corrected chi connectivity index (χ3v) is 5.47. The number of thioether (sulfide) groups is 1. The van der Waals surface area contributed by atoms with Gasteiger partial charge in [0, 0.05) is 5.75 Å². The molecule has 1 aliphatic heterocycles. The van der Waals surface area contributed by atoms with Crippen LogP contribution >= 0.6 is 11.8 Å². The van der Waals surface area contributed by atoms with Crippen molar-refractivity contribution in [3.05, 3.63) is 71.3 Å². The van der Waals surface area contributed by atoms with E-state index in [0.717, 1.165) is 17.7 Å². The number of alkyl halides is 3. The maximum absolute atomic E-state index is 12.9. The number of hydrogen-bond acceptors (Lipinski definition) is 4. The van der Waals surface area contributed by atoms with E-state index < -0.39 is 30.0 Å². The van der Waals surface area contributed by atoms with Gasteiger partial charge in [-0.1, -0.05) is 42.5 Å². The number of benzene rings is 2. The summed E-state index contributed by atoms with van der Waals surface area (Å²) < 4.78 is 38.4. The van der Waals surface area contributed by atoms with Crippen LogP contribution in [0.15, 0.2) is 54.6 Å². The van der Waals surface area contributed by atoms with Crippen LogP contribution < -0.4 is 16.0 Å². The Kier molecular flexibility index (Phi) is 7.04. The van der Waals surface area contributed by atoms with Crippen molar-refractivity contribution in [2.24, 2.45) is 0 Å². The molecule has 1 saturated heterocycles. The molecule has 9 heteroatoms. The van der Waals surface area contributed by atoms with Crippen LogP contribution in [0.25, 0.3) is 0 Å². The molecule has 3 N–H and O–H groups in total. The zero-order valence-corrected chi connectivity index (χ0v) is 17.0. The Labute approximate surface area is 176 Å². The van der Waals surface area contributed by atoms with Gasteiger partial charge in [-0.25, -0.2) is 0 Å². The van der Waals surface area contributed by atoms with Crippen molar-refractivity contribution in [3.63, 3.8) is 0 Å². The Balaban J connectivity index is 1.72. The number of rotatable bonds is 6. The van der Waals surface area contributed by atoms with Crippen LogP contribution in [0, 0.1) is 0 Å². The van der Waals surface area contributed by atoms with Crippen LogP contribution in [-0.2, 0) is 15.8 Å². The van der Waals surface area contributed by atoms with Crippen molar-refractivity contribution in [2.75, 3.05) is 12.0 Å². The zero-order valence-electron chi connectivity index (χ0n) is 16.2. The summed E-state index contributed by atoms with van der Waals surface area (Å²) in [5, 5.41) is 8.81. The van der Waals surface area contributed by atoms with Gasteiger partial charge in [0.25, 0.3) is 0 Å². The first-order valence-corrected chi connectivity index (χ1v) is 10.7. The van der Waals surface area contributed by atoms with Gasteiger partial charge >= 0.3 is 6.18 Å². The van der Waals surface area contributed by atoms with E-state index >= 15 is 0 Å². The Morgan fingerprint density at radius 3 is 2.43 bits per heavy atom. The van der Waals surface area contributed by atoms with Gasteiger partial charge in [-0.3, -0.25) is 14.9 Å². The van der Waals surface area contributed by atoms with E-state index in [9.17, 15) is 22.8 Å². The van der Waals surface area contributed by atoms with E-state index in [0.29, 0.717) is 11.3 Å². The van der Waals surface area contributed by atoms with Crippen molar-refractivity contribution in [2.45, 2.75) is 30.8 Å². The molecule has 0 radical (unpaired) electrons. The molecule has 0 saturated carbocycles. The molecular formula is C21H22F3N3O2S. The fourth-order valence-corrected chi connectivity index (χ4v) is 3.87. The largest absolute Gasteiger partial charge is 0.416 e. The maximum atomic E-state index is 12.9. The highest BCUT2D eigenvalue weighted by Gasteiger charge is 2.33. The van der Waals surface area contributed by atoms with Crippen molar-refractivity contribution in [1.82, 2.24) is 16.0 Å². The summed E-state index contributed by atoms with van der Waals surface area (Å²) in [7, 11) is 0. The molecule has 3 unspecified atom stereocenters. The molecule has 30 heavy (non-hydrogen) atoms. The second-order valence-corrected chi connectivity index (χ2v) is 7.88. The molecule has 1 fully saturated rings. The Morgan fingerprint density at radius 1 is 1.17 bits per heavy atom. The van der Waals surface area contributed by atoms with Crippen LogP contribution in [0.1, 0.15) is 35.3 Å². The molecule has 0 aliphatic carbocycles. The van der Waals surface area contributed by atoms with Crippen LogP contribution in [-0.4, -0.2) is 29.9 Å². The van der Waals surface area contributed by atoms with Crippen LogP contribution in [0.5, 0.6) is 0 Å². The van der Waals surface area contributed by atoms with Crippen LogP contribution in [0.3, 0.4) is 0 Å². The molecule has 0 aromatic heterocycles. The Hall–Kier alpha value is -2.52. The number of carbonyl (C=O) groups excluding carboxylic acids is 2. The monoisotopic (exact) mass is 437 g/mol. The first kappa shape index (κ1) is 22.2. The molecule has 1 aliphatic rings. The molecule has 2 aromatic carbocycles. The van der Waals surface area contributed by atoms with Gasteiger partial charge in [-0.15, -0.1) is 0 Å². The minimum absolute atomic E-state index is 0.0197. The summed E-state index contributed by atoms with van der Waals surface area (Å²) in [6, 6.07) is 12.8. The number of carbonyl (C=O) groups is 2. The first-order chi connectivity index (χ1) is 14.3. The summed E-state index contributed by atoms with van der Waals surface area (Å²) in [5.41, 5.74) is 0.661. The topological polar surface area (TPSA) is 70.2 Å². The summed E-state index contributed by atoms with van der Waals surface area (Å²) in [4.78, 5) is 25.0. The molecule has 0 spiro atoms.